The predicted octanol–water partition coefficient (Wildman–Crippen LogP) is -3.23. The van der Waals surface area contributed by atoms with E-state index in [0.29, 0.717) is 0 Å². The van der Waals surface area contributed by atoms with Crippen LogP contribution in [0.25, 0.3) is 0 Å². The molecule has 0 aliphatic rings. The van der Waals surface area contributed by atoms with Gasteiger partial charge >= 0.3 is 5.97 Å². The van der Waals surface area contributed by atoms with Crippen LogP contribution in [0.4, 0.5) is 0 Å². The number of carbonyl (C=O) groups excluding carboxylic acids is 2. The zero-order valence-corrected chi connectivity index (χ0v) is 19.2. The van der Waals surface area contributed by atoms with E-state index in [0.717, 1.165) is 0 Å². The Kier molecular flexibility index (Phi) is 23.5. The minimum Gasteiger partial charge on any atom is -0.628 e. The van der Waals surface area contributed by atoms with Crippen LogP contribution in [0, 0.1) is 0 Å². The summed E-state index contributed by atoms with van der Waals surface area (Å²) in [6, 6.07) is 0. The second-order valence-corrected chi connectivity index (χ2v) is 2.64. The Morgan fingerprint density at radius 1 is 0.900 bits per heavy atom. The number of hydrogen-bond acceptors (Lipinski definition) is 6. The summed E-state index contributed by atoms with van der Waals surface area (Å²) in [5.41, 5.74) is -3.25. The standard InChI is InChI=1S/C5H8O3.C3H3N3O3.3Y/c1-4(6)3-5(7)8-2;7-1-4-2(8)6-3(9)5-1;;;/h3H2,1-2H3;(H3,4,5,6,7,8,9);;;/p-3. The molecule has 1 rings (SSSR count). The fourth-order valence-electron chi connectivity index (χ4n) is 0.596. The number of nitrogens with zero attached hydrogens (tertiary/aromatic N) is 3. The van der Waals surface area contributed by atoms with Crippen molar-refractivity contribution in [1.29, 1.82) is 0 Å². The first-order chi connectivity index (χ1) is 7.85. The molecular formula is C8H8N3O6Y3-3. The Bertz CT molecular complexity index is 485. The van der Waals surface area contributed by atoms with Gasteiger partial charge in [-0.05, 0) is 24.0 Å². The summed E-state index contributed by atoms with van der Waals surface area (Å²) in [5, 5.41) is 0. The molecule has 9 nitrogen and oxygen atoms in total. The molecule has 0 saturated carbocycles. The topological polar surface area (TPSA) is 137 Å². The van der Waals surface area contributed by atoms with Crippen molar-refractivity contribution < 1.29 is 112 Å². The third-order valence-electron chi connectivity index (χ3n) is 1.19. The molecule has 1 aromatic rings. The van der Waals surface area contributed by atoms with Crippen LogP contribution >= 0.6 is 0 Å². The molecule has 20 heavy (non-hydrogen) atoms. The van der Waals surface area contributed by atoms with Crippen LogP contribution in [0.5, 0.6) is 0 Å². The number of hydrogen-bond donors (Lipinski definition) is 0. The summed E-state index contributed by atoms with van der Waals surface area (Å²) in [4.78, 5) is 58.5. The quantitative estimate of drug-likeness (QED) is 0.298. The first kappa shape index (κ1) is 28.9. The first-order valence-corrected chi connectivity index (χ1v) is 4.18. The van der Waals surface area contributed by atoms with Gasteiger partial charge in [0.05, 0.1) is 7.11 Å². The minimum absolute atomic E-state index is 0. The van der Waals surface area contributed by atoms with E-state index in [2.05, 4.69) is 19.7 Å². The Morgan fingerprint density at radius 2 is 1.20 bits per heavy atom. The SMILES string of the molecule is COC(=O)CC(C)=O.O=c1[n-]c(=O)[n-]c(=O)[n-]1.[Y].[Y].[Y]. The molecular weight excluding hydrogens is 501 g/mol. The number of Topliss-reactive ketones (excluding diaryl/α,β-unsaturated/α-hetero) is 1. The second kappa shape index (κ2) is 16.2. The van der Waals surface area contributed by atoms with Crippen LogP contribution in [0.2, 0.25) is 0 Å². The van der Waals surface area contributed by atoms with Crippen LogP contribution in [0.1, 0.15) is 13.3 Å². The molecule has 0 atom stereocenters. The molecule has 0 saturated heterocycles. The van der Waals surface area contributed by atoms with E-state index in [1.54, 1.807) is 0 Å². The van der Waals surface area contributed by atoms with Gasteiger partial charge in [-0.2, -0.15) is 0 Å². The number of carbonyl (C=O) groups is 2. The molecule has 103 valence electrons. The van der Waals surface area contributed by atoms with Crippen molar-refractivity contribution in [2.24, 2.45) is 0 Å². The van der Waals surface area contributed by atoms with E-state index in [1.165, 1.54) is 14.0 Å². The molecule has 3 radical (unpaired) electrons. The number of ether oxygens (including phenoxy) is 1. The molecule has 1 aromatic heterocycles. The summed E-state index contributed by atoms with van der Waals surface area (Å²) in [6.45, 7) is 1.34. The van der Waals surface area contributed by atoms with Gasteiger partial charge in [0.25, 0.3) is 0 Å². The Labute approximate surface area is 188 Å². The van der Waals surface area contributed by atoms with Crippen molar-refractivity contribution in [3.8, 4) is 0 Å². The third kappa shape index (κ3) is 16.9. The van der Waals surface area contributed by atoms with Gasteiger partial charge < -0.3 is 34.1 Å². The van der Waals surface area contributed by atoms with Crippen LogP contribution in [-0.2, 0) is 112 Å². The van der Waals surface area contributed by atoms with Gasteiger partial charge in [0.1, 0.15) is 12.2 Å². The Hall–Kier alpha value is 0.862. The molecule has 0 aliphatic carbocycles. The molecule has 0 aliphatic heterocycles. The minimum atomic E-state index is -1.08. The van der Waals surface area contributed by atoms with E-state index in [4.69, 9.17) is 0 Å². The van der Waals surface area contributed by atoms with Gasteiger partial charge in [0, 0.05) is 98.1 Å². The average molecular weight is 509 g/mol. The van der Waals surface area contributed by atoms with Gasteiger partial charge in [0.15, 0.2) is 0 Å². The van der Waals surface area contributed by atoms with E-state index in [9.17, 15) is 24.0 Å². The van der Waals surface area contributed by atoms with E-state index >= 15 is 0 Å². The van der Waals surface area contributed by atoms with Crippen LogP contribution in [-0.4, -0.2) is 18.9 Å². The van der Waals surface area contributed by atoms with E-state index in [-0.39, 0.29) is 110 Å². The Balaban J connectivity index is -0.000000112. The normalized spacial score (nSPS) is 7.50. The van der Waals surface area contributed by atoms with Gasteiger partial charge in [-0.25, -0.2) is 0 Å². The van der Waals surface area contributed by atoms with Crippen molar-refractivity contribution in [1.82, 2.24) is 15.0 Å². The zero-order valence-electron chi connectivity index (χ0n) is 10.7. The largest absolute Gasteiger partial charge is 0.628 e. The first-order valence-electron chi connectivity index (χ1n) is 4.18. The molecule has 0 spiro atoms. The van der Waals surface area contributed by atoms with Crippen molar-refractivity contribution in [3.63, 3.8) is 0 Å². The molecule has 0 fully saturated rings. The average Bonchev–Trinajstić information content (AvgIpc) is 2.15. The molecule has 0 aromatic carbocycles. The molecule has 0 unspecified atom stereocenters. The number of rotatable bonds is 2. The summed E-state index contributed by atoms with van der Waals surface area (Å²) in [5.74, 6) is -0.644. The van der Waals surface area contributed by atoms with E-state index in [1.807, 2.05) is 0 Å². The number of aromatic nitrogens is 3. The van der Waals surface area contributed by atoms with Crippen molar-refractivity contribution in [3.05, 3.63) is 31.5 Å². The van der Waals surface area contributed by atoms with Crippen molar-refractivity contribution in [2.75, 3.05) is 7.11 Å². The number of esters is 1. The number of ketones is 1. The number of methoxy groups -OCH3 is 1. The molecule has 1 heterocycles. The molecule has 12 heteroatoms. The van der Waals surface area contributed by atoms with Gasteiger partial charge in [-0.1, -0.05) is 0 Å². The molecule has 0 N–H and O–H groups in total. The fourth-order valence-corrected chi connectivity index (χ4v) is 0.596. The summed E-state index contributed by atoms with van der Waals surface area (Å²) in [7, 11) is 1.26. The third-order valence-corrected chi connectivity index (χ3v) is 1.19. The molecule has 0 amide bonds. The second-order valence-electron chi connectivity index (χ2n) is 2.64. The maximum absolute atomic E-state index is 10.2. The van der Waals surface area contributed by atoms with Crippen molar-refractivity contribution >= 4 is 11.8 Å². The van der Waals surface area contributed by atoms with Gasteiger partial charge in [-0.3, -0.25) is 9.59 Å². The van der Waals surface area contributed by atoms with Gasteiger partial charge in [0.2, 0.25) is 0 Å². The van der Waals surface area contributed by atoms with Gasteiger partial charge in [-0.15, -0.1) is 0 Å². The maximum Gasteiger partial charge on any atom is 0.313 e. The summed E-state index contributed by atoms with van der Waals surface area (Å²) < 4.78 is 4.20. The van der Waals surface area contributed by atoms with E-state index < -0.39 is 23.0 Å². The predicted molar refractivity (Wildman–Crippen MR) is 52.5 cm³/mol. The van der Waals surface area contributed by atoms with Crippen LogP contribution in [0.15, 0.2) is 14.4 Å². The fraction of sp³-hybridized carbons (Fsp3) is 0.375. The van der Waals surface area contributed by atoms with Crippen LogP contribution in [0.3, 0.4) is 0 Å². The summed E-state index contributed by atoms with van der Waals surface area (Å²) in [6.07, 6.45) is -0.115. The maximum atomic E-state index is 10.2. The monoisotopic (exact) mass is 509 g/mol. The van der Waals surface area contributed by atoms with Crippen molar-refractivity contribution in [2.45, 2.75) is 13.3 Å². The smallest absolute Gasteiger partial charge is 0.313 e. The zero-order chi connectivity index (χ0) is 13.4. The summed E-state index contributed by atoms with van der Waals surface area (Å²) >= 11 is 0. The Morgan fingerprint density at radius 3 is 1.35 bits per heavy atom. The molecule has 0 bridgehead atoms. The van der Waals surface area contributed by atoms with Crippen LogP contribution < -0.4 is 32.0 Å².